The Labute approximate surface area is 70.9 Å². The number of alkyl halides is 2. The van der Waals surface area contributed by atoms with E-state index < -0.39 is 12.4 Å². The van der Waals surface area contributed by atoms with Gasteiger partial charge in [0.1, 0.15) is 0 Å². The zero-order valence-electron chi connectivity index (χ0n) is 7.35. The molecule has 0 aromatic rings. The minimum Gasteiger partial charge on any atom is -0.469 e. The quantitative estimate of drug-likeness (QED) is 0.606. The molecule has 0 bridgehead atoms. The fraction of sp³-hybridized carbons (Fsp3) is 0.875. The van der Waals surface area contributed by atoms with E-state index >= 15 is 0 Å². The Bertz CT molecular complexity index is 137. The summed E-state index contributed by atoms with van der Waals surface area (Å²) in [6, 6.07) is 0. The number of ether oxygens (including phenoxy) is 1. The highest BCUT2D eigenvalue weighted by atomic mass is 19.3. The van der Waals surface area contributed by atoms with E-state index in [9.17, 15) is 13.6 Å². The molecule has 0 spiro atoms. The molecule has 12 heavy (non-hydrogen) atoms. The second kappa shape index (κ2) is 5.91. The molecule has 0 heterocycles. The van der Waals surface area contributed by atoms with Crippen LogP contribution in [0.5, 0.6) is 0 Å². The van der Waals surface area contributed by atoms with Crippen LogP contribution in [0.25, 0.3) is 0 Å². The minimum absolute atomic E-state index is 0.0946. The van der Waals surface area contributed by atoms with Gasteiger partial charge in [-0.05, 0) is 5.92 Å². The summed E-state index contributed by atoms with van der Waals surface area (Å²) < 4.78 is 28.1. The van der Waals surface area contributed by atoms with Gasteiger partial charge in [-0.25, -0.2) is 8.78 Å². The summed E-state index contributed by atoms with van der Waals surface area (Å²) in [5, 5.41) is 0. The highest BCUT2D eigenvalue weighted by Gasteiger charge is 2.16. The molecule has 0 rings (SSSR count). The lowest BCUT2D eigenvalue weighted by atomic mass is 9.99. The molecule has 0 N–H and O–H groups in total. The molecule has 0 aliphatic heterocycles. The molecular weight excluding hydrogens is 166 g/mol. The number of rotatable bonds is 5. The number of hydrogen-bond acceptors (Lipinski definition) is 2. The molecule has 0 aromatic heterocycles. The van der Waals surface area contributed by atoms with Crippen LogP contribution in [-0.4, -0.2) is 19.5 Å². The Morgan fingerprint density at radius 1 is 1.50 bits per heavy atom. The second-order valence-corrected chi connectivity index (χ2v) is 2.68. The molecule has 72 valence electrons. The molecule has 0 fully saturated rings. The predicted octanol–water partition coefficient (Wildman–Crippen LogP) is 2.23. The summed E-state index contributed by atoms with van der Waals surface area (Å²) in [5.74, 6) is -0.667. The zero-order chi connectivity index (χ0) is 9.56. The van der Waals surface area contributed by atoms with Gasteiger partial charge >= 0.3 is 5.97 Å². The Morgan fingerprint density at radius 2 is 2.08 bits per heavy atom. The van der Waals surface area contributed by atoms with E-state index in [0.29, 0.717) is 6.42 Å². The van der Waals surface area contributed by atoms with Crippen molar-refractivity contribution in [3.05, 3.63) is 0 Å². The molecule has 2 nitrogen and oxygen atoms in total. The molecule has 0 aliphatic carbocycles. The largest absolute Gasteiger partial charge is 0.469 e. The molecule has 0 saturated carbocycles. The summed E-state index contributed by atoms with van der Waals surface area (Å²) in [6.07, 6.45) is -1.87. The lowest BCUT2D eigenvalue weighted by Crippen LogP contribution is -2.12. The molecule has 0 amide bonds. The van der Waals surface area contributed by atoms with E-state index in [-0.39, 0.29) is 18.8 Å². The Morgan fingerprint density at radius 3 is 2.42 bits per heavy atom. The number of hydrogen-bond donors (Lipinski definition) is 0. The molecule has 1 unspecified atom stereocenters. The number of esters is 1. The van der Waals surface area contributed by atoms with Crippen molar-refractivity contribution in [3.8, 4) is 0 Å². The van der Waals surface area contributed by atoms with E-state index in [2.05, 4.69) is 4.74 Å². The van der Waals surface area contributed by atoms with Gasteiger partial charge in [0.05, 0.1) is 7.11 Å². The van der Waals surface area contributed by atoms with E-state index in [1.54, 1.807) is 6.92 Å². The highest BCUT2D eigenvalue weighted by molar-refractivity contribution is 5.69. The first-order chi connectivity index (χ1) is 5.60. The van der Waals surface area contributed by atoms with Crippen molar-refractivity contribution in [1.82, 2.24) is 0 Å². The van der Waals surface area contributed by atoms with Crippen molar-refractivity contribution in [2.45, 2.75) is 32.6 Å². The Hall–Kier alpha value is -0.670. The number of methoxy groups -OCH3 is 1. The molecule has 0 aromatic carbocycles. The van der Waals surface area contributed by atoms with Gasteiger partial charge in [-0.1, -0.05) is 13.3 Å². The van der Waals surface area contributed by atoms with Crippen LogP contribution in [0.1, 0.15) is 26.2 Å². The van der Waals surface area contributed by atoms with Gasteiger partial charge in [0.15, 0.2) is 0 Å². The monoisotopic (exact) mass is 180 g/mol. The topological polar surface area (TPSA) is 26.3 Å². The fourth-order valence-electron chi connectivity index (χ4n) is 0.965. The van der Waals surface area contributed by atoms with Crippen LogP contribution < -0.4 is 0 Å². The average Bonchev–Trinajstić information content (AvgIpc) is 2.02. The summed E-state index contributed by atoms with van der Waals surface area (Å²) in [5.41, 5.74) is 0. The van der Waals surface area contributed by atoms with Gasteiger partial charge in [0, 0.05) is 12.8 Å². The van der Waals surface area contributed by atoms with E-state index in [4.69, 9.17) is 0 Å². The maximum atomic E-state index is 11.9. The third-order valence-electron chi connectivity index (χ3n) is 1.77. The summed E-state index contributed by atoms with van der Waals surface area (Å²) in [6.45, 7) is 1.79. The molecule has 0 saturated heterocycles. The summed E-state index contributed by atoms with van der Waals surface area (Å²) in [4.78, 5) is 10.7. The normalized spacial score (nSPS) is 13.1. The van der Waals surface area contributed by atoms with Crippen LogP contribution in [-0.2, 0) is 9.53 Å². The average molecular weight is 180 g/mol. The van der Waals surface area contributed by atoms with Gasteiger partial charge in [0.2, 0.25) is 6.43 Å². The van der Waals surface area contributed by atoms with Crippen molar-refractivity contribution in [2.24, 2.45) is 5.92 Å². The van der Waals surface area contributed by atoms with Crippen LogP contribution in [0, 0.1) is 5.92 Å². The van der Waals surface area contributed by atoms with E-state index in [0.717, 1.165) is 0 Å². The summed E-state index contributed by atoms with van der Waals surface area (Å²) >= 11 is 0. The molecule has 0 aliphatic rings. The first-order valence-electron chi connectivity index (χ1n) is 3.95. The van der Waals surface area contributed by atoms with Crippen molar-refractivity contribution in [3.63, 3.8) is 0 Å². The molecule has 4 heteroatoms. The smallest absolute Gasteiger partial charge is 0.305 e. The number of carbonyl (C=O) groups is 1. The Kier molecular flexibility index (Phi) is 5.58. The third kappa shape index (κ3) is 5.04. The van der Waals surface area contributed by atoms with Crippen molar-refractivity contribution in [2.75, 3.05) is 7.11 Å². The molecule has 0 radical (unpaired) electrons. The van der Waals surface area contributed by atoms with Crippen LogP contribution >= 0.6 is 0 Å². The van der Waals surface area contributed by atoms with Crippen LogP contribution in [0.4, 0.5) is 8.78 Å². The van der Waals surface area contributed by atoms with Gasteiger partial charge < -0.3 is 4.74 Å². The van der Waals surface area contributed by atoms with E-state index in [1.807, 2.05) is 0 Å². The minimum atomic E-state index is -2.33. The first kappa shape index (κ1) is 11.3. The fourth-order valence-corrected chi connectivity index (χ4v) is 0.965. The van der Waals surface area contributed by atoms with Gasteiger partial charge in [-0.3, -0.25) is 4.79 Å². The maximum absolute atomic E-state index is 11.9. The predicted molar refractivity (Wildman–Crippen MR) is 41.0 cm³/mol. The molecular formula is C8H14F2O2. The third-order valence-corrected chi connectivity index (χ3v) is 1.77. The number of carbonyl (C=O) groups excluding carboxylic acids is 1. The second-order valence-electron chi connectivity index (χ2n) is 2.68. The van der Waals surface area contributed by atoms with Crippen molar-refractivity contribution >= 4 is 5.97 Å². The van der Waals surface area contributed by atoms with Gasteiger partial charge in [0.25, 0.3) is 0 Å². The standard InChI is InChI=1S/C8H14F2O2/c1-3-6(4-7(9)10)5-8(11)12-2/h6-7H,3-5H2,1-2H3. The highest BCUT2D eigenvalue weighted by Crippen LogP contribution is 2.18. The zero-order valence-corrected chi connectivity index (χ0v) is 7.35. The van der Waals surface area contributed by atoms with Crippen molar-refractivity contribution < 1.29 is 18.3 Å². The summed E-state index contributed by atoms with van der Waals surface area (Å²) in [7, 11) is 1.26. The van der Waals surface area contributed by atoms with Crippen LogP contribution in [0.3, 0.4) is 0 Å². The Balaban J connectivity index is 3.74. The molecule has 1 atom stereocenters. The van der Waals surface area contributed by atoms with Crippen molar-refractivity contribution in [1.29, 1.82) is 0 Å². The lowest BCUT2D eigenvalue weighted by Gasteiger charge is -2.11. The lowest BCUT2D eigenvalue weighted by molar-refractivity contribution is -0.142. The van der Waals surface area contributed by atoms with Gasteiger partial charge in [-0.15, -0.1) is 0 Å². The number of halogens is 2. The van der Waals surface area contributed by atoms with E-state index in [1.165, 1.54) is 7.11 Å². The first-order valence-corrected chi connectivity index (χ1v) is 3.95. The SMILES string of the molecule is CCC(CC(=O)OC)CC(F)F. The van der Waals surface area contributed by atoms with Gasteiger partial charge in [-0.2, -0.15) is 0 Å². The van der Waals surface area contributed by atoms with Crippen LogP contribution in [0.2, 0.25) is 0 Å². The van der Waals surface area contributed by atoms with Crippen LogP contribution in [0.15, 0.2) is 0 Å². The maximum Gasteiger partial charge on any atom is 0.305 e.